The number of hydrogen-bond donors (Lipinski definition) is 2. The number of aliphatic imine (C=N–C) groups is 1. The Morgan fingerprint density at radius 2 is 1.87 bits per heavy atom. The van der Waals surface area contributed by atoms with E-state index in [1.807, 2.05) is 44.1 Å². The van der Waals surface area contributed by atoms with Gasteiger partial charge in [0, 0.05) is 26.2 Å². The van der Waals surface area contributed by atoms with Crippen molar-refractivity contribution in [3.8, 4) is 11.5 Å². The normalized spacial score (nSPS) is 11.0. The predicted molar refractivity (Wildman–Crippen MR) is 130 cm³/mol. The van der Waals surface area contributed by atoms with Crippen LogP contribution in [-0.2, 0) is 13.1 Å². The van der Waals surface area contributed by atoms with Crippen molar-refractivity contribution in [1.29, 1.82) is 0 Å². The van der Waals surface area contributed by atoms with Gasteiger partial charge in [-0.3, -0.25) is 0 Å². The number of nitrogens with zero attached hydrogens (tertiary/aromatic N) is 3. The standard InChI is InChI=1S/C21H29F2N5O2.HI/c1-5-24-21(26-14-16-10-8-12-18(27-16)28(3)4)25-13-15-9-7-11-17(29-6-2)19(15)30-20(22)23;/h7-12,20H,5-6,13-14H2,1-4H3,(H2,24,25,26);1H. The summed E-state index contributed by atoms with van der Waals surface area (Å²) in [5.74, 6) is 1.68. The van der Waals surface area contributed by atoms with Crippen LogP contribution in [0.25, 0.3) is 0 Å². The number of rotatable bonds is 10. The third-order valence-electron chi connectivity index (χ3n) is 4.01. The van der Waals surface area contributed by atoms with Crippen LogP contribution in [0, 0.1) is 0 Å². The molecule has 2 N–H and O–H groups in total. The molecule has 1 aromatic carbocycles. The molecule has 0 fully saturated rings. The summed E-state index contributed by atoms with van der Waals surface area (Å²) in [6.45, 7) is 2.38. The first-order chi connectivity index (χ1) is 14.4. The summed E-state index contributed by atoms with van der Waals surface area (Å²) in [6, 6.07) is 10.8. The summed E-state index contributed by atoms with van der Waals surface area (Å²) >= 11 is 0. The lowest BCUT2D eigenvalue weighted by molar-refractivity contribution is -0.0520. The Labute approximate surface area is 199 Å². The number of benzene rings is 1. The number of alkyl halides is 2. The Balaban J connectivity index is 0.00000480. The van der Waals surface area contributed by atoms with E-state index in [1.165, 1.54) is 0 Å². The summed E-state index contributed by atoms with van der Waals surface area (Å²) in [5.41, 5.74) is 1.36. The second-order valence-corrected chi connectivity index (χ2v) is 6.49. The second-order valence-electron chi connectivity index (χ2n) is 6.49. The minimum absolute atomic E-state index is 0. The second kappa shape index (κ2) is 13.8. The molecular formula is C21H30F2IN5O2. The zero-order chi connectivity index (χ0) is 21.9. The first-order valence-corrected chi connectivity index (χ1v) is 9.79. The molecule has 31 heavy (non-hydrogen) atoms. The molecule has 0 saturated heterocycles. The topological polar surface area (TPSA) is 71.0 Å². The molecule has 10 heteroatoms. The van der Waals surface area contributed by atoms with Gasteiger partial charge in [-0.2, -0.15) is 8.78 Å². The van der Waals surface area contributed by atoms with E-state index in [-0.39, 0.29) is 42.0 Å². The lowest BCUT2D eigenvalue weighted by Gasteiger charge is -2.16. The van der Waals surface area contributed by atoms with E-state index in [0.29, 0.717) is 31.2 Å². The molecule has 0 spiro atoms. The van der Waals surface area contributed by atoms with Gasteiger partial charge in [-0.15, -0.1) is 24.0 Å². The van der Waals surface area contributed by atoms with Crippen LogP contribution < -0.4 is 25.0 Å². The number of halogens is 3. The van der Waals surface area contributed by atoms with Crippen molar-refractivity contribution in [1.82, 2.24) is 15.6 Å². The molecular weight excluding hydrogens is 519 g/mol. The number of nitrogens with one attached hydrogen (secondary N) is 2. The minimum atomic E-state index is -2.95. The lowest BCUT2D eigenvalue weighted by Crippen LogP contribution is -2.37. The number of ether oxygens (including phenoxy) is 2. The first-order valence-electron chi connectivity index (χ1n) is 9.79. The summed E-state index contributed by atoms with van der Waals surface area (Å²) in [6.07, 6.45) is 0. The molecule has 7 nitrogen and oxygen atoms in total. The van der Waals surface area contributed by atoms with E-state index in [4.69, 9.17) is 9.47 Å². The Kier molecular flexibility index (Phi) is 11.9. The summed E-state index contributed by atoms with van der Waals surface area (Å²) in [7, 11) is 3.86. The number of anilines is 1. The van der Waals surface area contributed by atoms with Crippen LogP contribution in [0.5, 0.6) is 11.5 Å². The van der Waals surface area contributed by atoms with Crippen molar-refractivity contribution in [2.24, 2.45) is 4.99 Å². The van der Waals surface area contributed by atoms with Gasteiger partial charge in [-0.05, 0) is 32.0 Å². The maximum absolute atomic E-state index is 12.9. The number of aromatic nitrogens is 1. The van der Waals surface area contributed by atoms with Gasteiger partial charge in [-0.1, -0.05) is 18.2 Å². The lowest BCUT2D eigenvalue weighted by atomic mass is 10.2. The van der Waals surface area contributed by atoms with Crippen molar-refractivity contribution in [3.05, 3.63) is 47.7 Å². The molecule has 0 amide bonds. The van der Waals surface area contributed by atoms with E-state index >= 15 is 0 Å². The van der Waals surface area contributed by atoms with Gasteiger partial charge < -0.3 is 25.0 Å². The molecule has 0 radical (unpaired) electrons. The molecule has 0 aliphatic carbocycles. The molecule has 0 aliphatic rings. The van der Waals surface area contributed by atoms with Gasteiger partial charge in [0.25, 0.3) is 0 Å². The van der Waals surface area contributed by atoms with Crippen molar-refractivity contribution < 1.29 is 18.3 Å². The molecule has 2 rings (SSSR count). The highest BCUT2D eigenvalue weighted by Gasteiger charge is 2.15. The third kappa shape index (κ3) is 8.72. The Hall–Kier alpha value is -2.37. The molecule has 0 atom stereocenters. The molecule has 172 valence electrons. The monoisotopic (exact) mass is 549 g/mol. The number of guanidine groups is 1. The Bertz CT molecular complexity index is 837. The number of pyridine rings is 1. The van der Waals surface area contributed by atoms with Crippen LogP contribution in [0.2, 0.25) is 0 Å². The zero-order valence-electron chi connectivity index (χ0n) is 18.2. The van der Waals surface area contributed by atoms with Gasteiger partial charge in [0.1, 0.15) is 5.82 Å². The fourth-order valence-electron chi connectivity index (χ4n) is 2.67. The maximum Gasteiger partial charge on any atom is 0.387 e. The quantitative estimate of drug-likeness (QED) is 0.265. The minimum Gasteiger partial charge on any atom is -0.490 e. The van der Waals surface area contributed by atoms with Crippen LogP contribution in [0.15, 0.2) is 41.4 Å². The van der Waals surface area contributed by atoms with Crippen molar-refractivity contribution in [3.63, 3.8) is 0 Å². The highest BCUT2D eigenvalue weighted by atomic mass is 127. The average molecular weight is 549 g/mol. The first kappa shape index (κ1) is 26.7. The number of para-hydroxylation sites is 1. The van der Waals surface area contributed by atoms with E-state index < -0.39 is 6.61 Å². The van der Waals surface area contributed by atoms with Crippen LogP contribution in [0.1, 0.15) is 25.1 Å². The Morgan fingerprint density at radius 3 is 2.52 bits per heavy atom. The van der Waals surface area contributed by atoms with Crippen molar-refractivity contribution in [2.75, 3.05) is 32.1 Å². The summed E-state index contributed by atoms with van der Waals surface area (Å²) < 4.78 is 35.9. The molecule has 1 heterocycles. The summed E-state index contributed by atoms with van der Waals surface area (Å²) in [4.78, 5) is 11.0. The van der Waals surface area contributed by atoms with E-state index in [1.54, 1.807) is 25.1 Å². The van der Waals surface area contributed by atoms with Crippen LogP contribution in [0.4, 0.5) is 14.6 Å². The van der Waals surface area contributed by atoms with Crippen LogP contribution >= 0.6 is 24.0 Å². The van der Waals surface area contributed by atoms with Gasteiger partial charge in [-0.25, -0.2) is 9.98 Å². The van der Waals surface area contributed by atoms with Crippen LogP contribution in [-0.4, -0.2) is 44.8 Å². The number of hydrogen-bond acceptors (Lipinski definition) is 5. The fraction of sp³-hybridized carbons (Fsp3) is 0.429. The van der Waals surface area contributed by atoms with Crippen molar-refractivity contribution >= 4 is 35.8 Å². The van der Waals surface area contributed by atoms with Gasteiger partial charge >= 0.3 is 6.61 Å². The van der Waals surface area contributed by atoms with Gasteiger partial charge in [0.15, 0.2) is 17.5 Å². The third-order valence-corrected chi connectivity index (χ3v) is 4.01. The molecule has 0 bridgehead atoms. The highest BCUT2D eigenvalue weighted by molar-refractivity contribution is 14.0. The summed E-state index contributed by atoms with van der Waals surface area (Å²) in [5, 5.41) is 6.35. The molecule has 0 saturated carbocycles. The van der Waals surface area contributed by atoms with Gasteiger partial charge in [0.2, 0.25) is 0 Å². The maximum atomic E-state index is 12.9. The van der Waals surface area contributed by atoms with Crippen LogP contribution in [0.3, 0.4) is 0 Å². The zero-order valence-corrected chi connectivity index (χ0v) is 20.5. The van der Waals surface area contributed by atoms with Gasteiger partial charge in [0.05, 0.1) is 25.4 Å². The molecule has 1 aromatic heterocycles. The smallest absolute Gasteiger partial charge is 0.387 e. The molecule has 0 aliphatic heterocycles. The van der Waals surface area contributed by atoms with Crippen molar-refractivity contribution in [2.45, 2.75) is 33.5 Å². The SMILES string of the molecule is CCNC(=NCc1cccc(OCC)c1OC(F)F)NCc1cccc(N(C)C)n1.I. The van der Waals surface area contributed by atoms with E-state index in [2.05, 4.69) is 20.6 Å². The average Bonchev–Trinajstić information content (AvgIpc) is 2.72. The Morgan fingerprint density at radius 1 is 1.13 bits per heavy atom. The molecule has 0 unspecified atom stereocenters. The predicted octanol–water partition coefficient (Wildman–Crippen LogP) is 4.02. The van der Waals surface area contributed by atoms with E-state index in [0.717, 1.165) is 11.5 Å². The largest absolute Gasteiger partial charge is 0.490 e. The van der Waals surface area contributed by atoms with E-state index in [9.17, 15) is 8.78 Å². The fourth-order valence-corrected chi connectivity index (χ4v) is 2.67. The highest BCUT2D eigenvalue weighted by Crippen LogP contribution is 2.33. The molecule has 2 aromatic rings.